The molecule has 1 amide bonds. The number of rotatable bonds is 7. The van der Waals surface area contributed by atoms with E-state index in [2.05, 4.69) is 15.5 Å². The molecule has 3 aromatic carbocycles. The number of fused-ring (bicyclic) bond motifs is 1. The summed E-state index contributed by atoms with van der Waals surface area (Å²) in [4.78, 5) is 14.0. The third kappa shape index (κ3) is 5.26. The van der Waals surface area contributed by atoms with Crippen LogP contribution in [0.3, 0.4) is 0 Å². The monoisotopic (exact) mass is 484 g/mol. The molecule has 8 heteroatoms. The Kier molecular flexibility index (Phi) is 6.32. The third-order valence-electron chi connectivity index (χ3n) is 5.18. The van der Waals surface area contributed by atoms with Gasteiger partial charge in [0.15, 0.2) is 0 Å². The van der Waals surface area contributed by atoms with Gasteiger partial charge in [-0.1, -0.05) is 11.6 Å². The molecule has 0 bridgehead atoms. The lowest BCUT2D eigenvalue weighted by Crippen LogP contribution is -2.07. The van der Waals surface area contributed by atoms with Crippen molar-refractivity contribution < 1.29 is 13.9 Å². The van der Waals surface area contributed by atoms with Crippen LogP contribution >= 0.6 is 11.6 Å². The van der Waals surface area contributed by atoms with Crippen LogP contribution in [0.5, 0.6) is 5.75 Å². The molecule has 7 nitrogen and oxygen atoms in total. The van der Waals surface area contributed by atoms with Gasteiger partial charge in [-0.25, -0.2) is 0 Å². The summed E-state index contributed by atoms with van der Waals surface area (Å²) in [7, 11) is 0. The zero-order valence-corrected chi connectivity index (χ0v) is 19.6. The van der Waals surface area contributed by atoms with Gasteiger partial charge in [0, 0.05) is 22.3 Å². The zero-order chi connectivity index (χ0) is 24.2. The van der Waals surface area contributed by atoms with Gasteiger partial charge in [-0.05, 0) is 91.9 Å². The second-order valence-electron chi connectivity index (χ2n) is 7.65. The Morgan fingerprint density at radius 3 is 2.54 bits per heavy atom. The standard InChI is InChI=1S/C27H21ClN4O3/c1-2-34-22-10-8-21(9-11-22)32-30-24-14-7-20(17-25(24)31-32)29-27(33)16-13-23-12-15-26(35-23)18-3-5-19(28)6-4-18/h3-17H,2H2,1H3,(H,29,33)/b16-13+. The van der Waals surface area contributed by atoms with Gasteiger partial charge < -0.3 is 14.5 Å². The van der Waals surface area contributed by atoms with Crippen molar-refractivity contribution in [3.8, 4) is 22.8 Å². The molecule has 0 spiro atoms. The first kappa shape index (κ1) is 22.4. The average Bonchev–Trinajstić information content (AvgIpc) is 3.51. The van der Waals surface area contributed by atoms with Gasteiger partial charge in [-0.2, -0.15) is 4.80 Å². The van der Waals surface area contributed by atoms with Crippen LogP contribution in [0.4, 0.5) is 5.69 Å². The number of furan rings is 1. The summed E-state index contributed by atoms with van der Waals surface area (Å²) in [5, 5.41) is 12.5. The number of anilines is 1. The molecule has 0 radical (unpaired) electrons. The maximum Gasteiger partial charge on any atom is 0.248 e. The third-order valence-corrected chi connectivity index (χ3v) is 5.43. The molecule has 5 aromatic rings. The van der Waals surface area contributed by atoms with Crippen LogP contribution in [0.1, 0.15) is 12.7 Å². The van der Waals surface area contributed by atoms with E-state index in [-0.39, 0.29) is 5.91 Å². The first-order valence-electron chi connectivity index (χ1n) is 11.0. The highest BCUT2D eigenvalue weighted by Gasteiger charge is 2.08. The van der Waals surface area contributed by atoms with Gasteiger partial charge in [0.1, 0.15) is 28.3 Å². The number of halogens is 1. The predicted molar refractivity (Wildman–Crippen MR) is 137 cm³/mol. The molecule has 0 saturated heterocycles. The van der Waals surface area contributed by atoms with E-state index in [1.807, 2.05) is 55.5 Å². The minimum atomic E-state index is -0.285. The summed E-state index contributed by atoms with van der Waals surface area (Å²) in [6.45, 7) is 2.55. The molecular weight excluding hydrogens is 464 g/mol. The van der Waals surface area contributed by atoms with Crippen LogP contribution in [-0.4, -0.2) is 27.5 Å². The Morgan fingerprint density at radius 1 is 1.00 bits per heavy atom. The molecule has 0 saturated carbocycles. The van der Waals surface area contributed by atoms with E-state index in [0.717, 1.165) is 22.5 Å². The number of aromatic nitrogens is 3. The fraction of sp³-hybridized carbons (Fsp3) is 0.0741. The summed E-state index contributed by atoms with van der Waals surface area (Å²) in [6, 6.07) is 23.9. The Hall–Kier alpha value is -4.36. The van der Waals surface area contributed by atoms with Crippen molar-refractivity contribution in [3.63, 3.8) is 0 Å². The summed E-state index contributed by atoms with van der Waals surface area (Å²) >= 11 is 5.93. The normalized spacial score (nSPS) is 11.3. The molecule has 0 aliphatic rings. The Balaban J connectivity index is 1.26. The number of carbonyl (C=O) groups is 1. The highest BCUT2D eigenvalue weighted by molar-refractivity contribution is 6.30. The van der Waals surface area contributed by atoms with Gasteiger partial charge in [0.25, 0.3) is 0 Å². The molecule has 2 heterocycles. The van der Waals surface area contributed by atoms with E-state index in [1.165, 1.54) is 6.08 Å². The fourth-order valence-electron chi connectivity index (χ4n) is 3.50. The molecule has 0 aliphatic carbocycles. The molecular formula is C27H21ClN4O3. The predicted octanol–water partition coefficient (Wildman–Crippen LogP) is 6.38. The summed E-state index contributed by atoms with van der Waals surface area (Å²) < 4.78 is 11.3. The van der Waals surface area contributed by atoms with Crippen LogP contribution in [-0.2, 0) is 4.79 Å². The van der Waals surface area contributed by atoms with Gasteiger partial charge in [-0.3, -0.25) is 4.79 Å². The van der Waals surface area contributed by atoms with Crippen molar-refractivity contribution in [2.24, 2.45) is 0 Å². The lowest BCUT2D eigenvalue weighted by Gasteiger charge is -2.03. The smallest absolute Gasteiger partial charge is 0.248 e. The second kappa shape index (κ2) is 9.87. The zero-order valence-electron chi connectivity index (χ0n) is 18.8. The topological polar surface area (TPSA) is 82.2 Å². The average molecular weight is 485 g/mol. The second-order valence-corrected chi connectivity index (χ2v) is 8.09. The van der Waals surface area contributed by atoms with Crippen molar-refractivity contribution in [2.75, 3.05) is 11.9 Å². The molecule has 0 unspecified atom stereocenters. The van der Waals surface area contributed by atoms with E-state index in [4.69, 9.17) is 20.8 Å². The highest BCUT2D eigenvalue weighted by Crippen LogP contribution is 2.24. The molecule has 5 rings (SSSR count). The van der Waals surface area contributed by atoms with Crippen molar-refractivity contribution in [1.82, 2.24) is 15.0 Å². The Labute approximate surface area is 206 Å². The van der Waals surface area contributed by atoms with E-state index < -0.39 is 0 Å². The van der Waals surface area contributed by atoms with Crippen LogP contribution in [0.2, 0.25) is 5.02 Å². The molecule has 0 aliphatic heterocycles. The van der Waals surface area contributed by atoms with Gasteiger partial charge in [0.05, 0.1) is 12.3 Å². The minimum Gasteiger partial charge on any atom is -0.494 e. The van der Waals surface area contributed by atoms with Crippen molar-refractivity contribution in [3.05, 3.63) is 95.7 Å². The lowest BCUT2D eigenvalue weighted by molar-refractivity contribution is -0.111. The Morgan fingerprint density at radius 2 is 1.77 bits per heavy atom. The van der Waals surface area contributed by atoms with Crippen molar-refractivity contribution in [2.45, 2.75) is 6.92 Å². The lowest BCUT2D eigenvalue weighted by atomic mass is 10.2. The molecule has 35 heavy (non-hydrogen) atoms. The number of nitrogens with one attached hydrogen (secondary N) is 1. The van der Waals surface area contributed by atoms with E-state index >= 15 is 0 Å². The highest BCUT2D eigenvalue weighted by atomic mass is 35.5. The number of ether oxygens (including phenoxy) is 1. The molecule has 174 valence electrons. The van der Waals surface area contributed by atoms with E-state index in [9.17, 15) is 4.79 Å². The maximum atomic E-state index is 12.4. The number of hydrogen-bond donors (Lipinski definition) is 1. The molecule has 0 atom stereocenters. The number of benzene rings is 3. The molecule has 2 aromatic heterocycles. The SMILES string of the molecule is CCOc1ccc(-n2nc3ccc(NC(=O)/C=C/c4ccc(-c5ccc(Cl)cc5)o4)cc3n2)cc1. The minimum absolute atomic E-state index is 0.285. The van der Waals surface area contributed by atoms with Gasteiger partial charge in [-0.15, -0.1) is 10.2 Å². The van der Waals surface area contributed by atoms with E-state index in [1.54, 1.807) is 41.2 Å². The number of nitrogens with zero attached hydrogens (tertiary/aromatic N) is 3. The summed E-state index contributed by atoms with van der Waals surface area (Å²) in [6.07, 6.45) is 3.04. The largest absolute Gasteiger partial charge is 0.494 e. The quantitative estimate of drug-likeness (QED) is 0.271. The fourth-order valence-corrected chi connectivity index (χ4v) is 3.63. The summed E-state index contributed by atoms with van der Waals surface area (Å²) in [5.74, 6) is 1.77. The first-order valence-corrected chi connectivity index (χ1v) is 11.4. The van der Waals surface area contributed by atoms with Gasteiger partial charge >= 0.3 is 0 Å². The Bertz CT molecular complexity index is 1500. The number of hydrogen-bond acceptors (Lipinski definition) is 5. The summed E-state index contributed by atoms with van der Waals surface area (Å²) in [5.41, 5.74) is 3.73. The van der Waals surface area contributed by atoms with Crippen LogP contribution in [0.25, 0.3) is 34.1 Å². The first-order chi connectivity index (χ1) is 17.1. The van der Waals surface area contributed by atoms with Crippen molar-refractivity contribution in [1.29, 1.82) is 0 Å². The van der Waals surface area contributed by atoms with Crippen LogP contribution < -0.4 is 10.1 Å². The van der Waals surface area contributed by atoms with Gasteiger partial charge in [0.2, 0.25) is 5.91 Å². The molecule has 0 fully saturated rings. The molecule has 1 N–H and O–H groups in total. The maximum absolute atomic E-state index is 12.4. The van der Waals surface area contributed by atoms with E-state index in [0.29, 0.717) is 34.4 Å². The number of amides is 1. The van der Waals surface area contributed by atoms with Crippen molar-refractivity contribution >= 4 is 40.3 Å². The van der Waals surface area contributed by atoms with Crippen LogP contribution in [0.15, 0.2) is 89.4 Å². The van der Waals surface area contributed by atoms with Crippen LogP contribution in [0, 0.1) is 0 Å². The number of carbonyl (C=O) groups excluding carboxylic acids is 1.